The van der Waals surface area contributed by atoms with Crippen molar-refractivity contribution in [3.63, 3.8) is 0 Å². The molecule has 0 spiro atoms. The Bertz CT molecular complexity index is 3580. The van der Waals surface area contributed by atoms with Crippen LogP contribution in [0.25, 0.3) is 116 Å². The van der Waals surface area contributed by atoms with Gasteiger partial charge in [0.05, 0.1) is 11.0 Å². The Kier molecular flexibility index (Phi) is 7.16. The molecule has 3 aromatic heterocycles. The van der Waals surface area contributed by atoms with Gasteiger partial charge in [-0.1, -0.05) is 152 Å². The van der Waals surface area contributed by atoms with Crippen LogP contribution in [0.3, 0.4) is 0 Å². The molecule has 0 aliphatic heterocycles. The van der Waals surface area contributed by atoms with Crippen LogP contribution in [0, 0.1) is 0 Å². The van der Waals surface area contributed by atoms with Crippen molar-refractivity contribution in [2.24, 2.45) is 0 Å². The Morgan fingerprint density at radius 1 is 0.345 bits per heavy atom. The van der Waals surface area contributed by atoms with Crippen LogP contribution in [0.15, 0.2) is 199 Å². The highest BCUT2D eigenvalue weighted by atomic mass is 16.3. The molecule has 0 atom stereocenters. The van der Waals surface area contributed by atoms with E-state index in [9.17, 15) is 0 Å². The highest BCUT2D eigenvalue weighted by Gasteiger charge is 2.22. The zero-order valence-electron chi connectivity index (χ0n) is 31.2. The van der Waals surface area contributed by atoms with E-state index >= 15 is 0 Å². The Morgan fingerprint density at radius 2 is 0.966 bits per heavy atom. The molecule has 0 amide bonds. The molecule has 12 aromatic rings. The Labute approximate surface area is 333 Å². The summed E-state index contributed by atoms with van der Waals surface area (Å²) in [6, 6.07) is 68.0. The van der Waals surface area contributed by atoms with Crippen LogP contribution in [-0.4, -0.2) is 19.5 Å². The Hall–Kier alpha value is -7.89. The molecular weight excluding hydrogens is 709 g/mol. The van der Waals surface area contributed by atoms with Crippen LogP contribution < -0.4 is 0 Å². The molecule has 0 saturated carbocycles. The highest BCUT2D eigenvalue weighted by molar-refractivity contribution is 6.14. The lowest BCUT2D eigenvalue weighted by Crippen LogP contribution is -2.02. The monoisotopic (exact) mass is 740 g/mol. The summed E-state index contributed by atoms with van der Waals surface area (Å²) in [4.78, 5) is 15.7. The van der Waals surface area contributed by atoms with Gasteiger partial charge in [-0.2, -0.15) is 0 Å². The van der Waals surface area contributed by atoms with Crippen LogP contribution in [0.1, 0.15) is 0 Å². The van der Waals surface area contributed by atoms with Gasteiger partial charge in [0, 0.05) is 49.5 Å². The predicted molar refractivity (Wildman–Crippen MR) is 238 cm³/mol. The normalized spacial score (nSPS) is 11.8. The quantitative estimate of drug-likeness (QED) is 0.176. The molecule has 0 aliphatic rings. The summed E-state index contributed by atoms with van der Waals surface area (Å²) in [6.45, 7) is 0. The minimum Gasteiger partial charge on any atom is -0.455 e. The third-order valence-electron chi connectivity index (χ3n) is 11.4. The molecule has 0 aliphatic carbocycles. The van der Waals surface area contributed by atoms with E-state index in [-0.39, 0.29) is 0 Å². The summed E-state index contributed by atoms with van der Waals surface area (Å²) < 4.78 is 9.10. The standard InChI is InChI=1S/C53H32N4O/c1-2-15-34(16-3-1)51-54-52(43-25-12-19-33-14-6-7-20-38(33)43)56-53(55-51)44-29-28-37(32-45(44)42-24-13-23-41-40-22-9-11-27-49(40)58-50(41)42)57-47-26-10-8-21-39(47)46-30-35-17-4-5-18-36(35)31-48(46)57/h1-32H. The molecule has 0 fully saturated rings. The van der Waals surface area contributed by atoms with E-state index in [1.165, 1.54) is 21.5 Å². The van der Waals surface area contributed by atoms with Gasteiger partial charge in [0.1, 0.15) is 11.2 Å². The fraction of sp³-hybridized carbons (Fsp3) is 0. The van der Waals surface area contributed by atoms with Crippen LogP contribution in [0.2, 0.25) is 0 Å². The Morgan fingerprint density at radius 3 is 1.83 bits per heavy atom. The average molecular weight is 741 g/mol. The van der Waals surface area contributed by atoms with Crippen molar-refractivity contribution >= 4 is 65.3 Å². The maximum atomic E-state index is 6.72. The second-order valence-electron chi connectivity index (χ2n) is 14.8. The molecule has 0 unspecified atom stereocenters. The number of furan rings is 1. The molecule has 270 valence electrons. The Balaban J connectivity index is 1.17. The van der Waals surface area contributed by atoms with E-state index in [1.807, 2.05) is 30.3 Å². The lowest BCUT2D eigenvalue weighted by Gasteiger charge is -2.16. The van der Waals surface area contributed by atoms with Crippen molar-refractivity contribution in [2.75, 3.05) is 0 Å². The molecule has 12 rings (SSSR count). The van der Waals surface area contributed by atoms with Crippen molar-refractivity contribution in [1.29, 1.82) is 0 Å². The first-order valence-electron chi connectivity index (χ1n) is 19.5. The van der Waals surface area contributed by atoms with Gasteiger partial charge in [0.25, 0.3) is 0 Å². The topological polar surface area (TPSA) is 56.7 Å². The number of aromatic nitrogens is 4. The number of rotatable bonds is 5. The van der Waals surface area contributed by atoms with Gasteiger partial charge < -0.3 is 8.98 Å². The molecule has 58 heavy (non-hydrogen) atoms. The number of hydrogen-bond acceptors (Lipinski definition) is 4. The van der Waals surface area contributed by atoms with Crippen molar-refractivity contribution in [3.05, 3.63) is 194 Å². The van der Waals surface area contributed by atoms with E-state index in [2.05, 4.69) is 168 Å². The molecule has 0 bridgehead atoms. The minimum absolute atomic E-state index is 0.583. The van der Waals surface area contributed by atoms with E-state index in [0.717, 1.165) is 77.2 Å². The van der Waals surface area contributed by atoms with Gasteiger partial charge in [-0.3, -0.25) is 0 Å². The fourth-order valence-electron chi connectivity index (χ4n) is 8.74. The molecule has 9 aromatic carbocycles. The van der Waals surface area contributed by atoms with E-state index in [1.54, 1.807) is 0 Å². The molecule has 0 radical (unpaired) electrons. The first kappa shape index (κ1) is 32.4. The molecule has 5 heteroatoms. The van der Waals surface area contributed by atoms with Gasteiger partial charge >= 0.3 is 0 Å². The largest absolute Gasteiger partial charge is 0.455 e. The van der Waals surface area contributed by atoms with Crippen molar-refractivity contribution in [1.82, 2.24) is 19.5 Å². The van der Waals surface area contributed by atoms with Crippen LogP contribution in [0.5, 0.6) is 0 Å². The molecule has 0 saturated heterocycles. The average Bonchev–Trinajstić information content (AvgIpc) is 3.83. The van der Waals surface area contributed by atoms with Gasteiger partial charge in [-0.05, 0) is 69.6 Å². The first-order valence-corrected chi connectivity index (χ1v) is 19.5. The molecule has 5 nitrogen and oxygen atoms in total. The van der Waals surface area contributed by atoms with E-state index in [0.29, 0.717) is 17.5 Å². The molecule has 0 N–H and O–H groups in total. The first-order chi connectivity index (χ1) is 28.7. The van der Waals surface area contributed by atoms with Crippen molar-refractivity contribution in [2.45, 2.75) is 0 Å². The maximum Gasteiger partial charge on any atom is 0.164 e. The smallest absolute Gasteiger partial charge is 0.164 e. The lowest BCUT2D eigenvalue weighted by molar-refractivity contribution is 0.670. The maximum absolute atomic E-state index is 6.72. The summed E-state index contributed by atoms with van der Waals surface area (Å²) in [5.41, 5.74) is 9.65. The third-order valence-corrected chi connectivity index (χ3v) is 11.4. The number of nitrogens with zero attached hydrogens (tertiary/aromatic N) is 4. The lowest BCUT2D eigenvalue weighted by atomic mass is 9.96. The second-order valence-corrected chi connectivity index (χ2v) is 14.8. The second kappa shape index (κ2) is 12.8. The zero-order chi connectivity index (χ0) is 38.2. The summed E-state index contributed by atoms with van der Waals surface area (Å²) in [7, 11) is 0. The number of benzene rings is 9. The highest BCUT2D eigenvalue weighted by Crippen LogP contribution is 2.43. The summed E-state index contributed by atoms with van der Waals surface area (Å²) in [5.74, 6) is 1.81. The SMILES string of the molecule is c1ccc(-c2nc(-c3ccc(-n4c5ccccc5c5cc6ccccc6cc54)cc3-c3cccc4c3oc3ccccc34)nc(-c3cccc4ccccc34)n2)cc1. The van der Waals surface area contributed by atoms with Gasteiger partial charge in [-0.25, -0.2) is 15.0 Å². The number of para-hydroxylation sites is 3. The predicted octanol–water partition coefficient (Wildman–Crippen LogP) is 13.8. The summed E-state index contributed by atoms with van der Waals surface area (Å²) >= 11 is 0. The molecule has 3 heterocycles. The number of fused-ring (bicyclic) bond motifs is 8. The van der Waals surface area contributed by atoms with E-state index in [4.69, 9.17) is 19.4 Å². The van der Waals surface area contributed by atoms with Crippen molar-refractivity contribution in [3.8, 4) is 51.0 Å². The van der Waals surface area contributed by atoms with Crippen LogP contribution in [-0.2, 0) is 0 Å². The molecular formula is C53H32N4O. The van der Waals surface area contributed by atoms with Gasteiger partial charge in [0.15, 0.2) is 17.5 Å². The summed E-state index contributed by atoms with van der Waals surface area (Å²) in [6.07, 6.45) is 0. The minimum atomic E-state index is 0.583. The van der Waals surface area contributed by atoms with Crippen molar-refractivity contribution < 1.29 is 4.42 Å². The zero-order valence-corrected chi connectivity index (χ0v) is 31.2. The van der Waals surface area contributed by atoms with Crippen LogP contribution in [0.4, 0.5) is 0 Å². The third kappa shape index (κ3) is 5.07. The number of hydrogen-bond donors (Lipinski definition) is 0. The van der Waals surface area contributed by atoms with Crippen LogP contribution >= 0.6 is 0 Å². The van der Waals surface area contributed by atoms with E-state index < -0.39 is 0 Å². The fourth-order valence-corrected chi connectivity index (χ4v) is 8.74. The summed E-state index contributed by atoms with van der Waals surface area (Å²) in [5, 5.41) is 9.19. The van der Waals surface area contributed by atoms with Gasteiger partial charge in [0.2, 0.25) is 0 Å². The van der Waals surface area contributed by atoms with Gasteiger partial charge in [-0.15, -0.1) is 0 Å².